The van der Waals surface area contributed by atoms with E-state index in [9.17, 15) is 0 Å². The molecule has 1 rings (SSSR count). The summed E-state index contributed by atoms with van der Waals surface area (Å²) < 4.78 is 0. The molecule has 0 bridgehead atoms. The fraction of sp³-hybridized carbons (Fsp3) is 0.429. The zero-order valence-electron chi connectivity index (χ0n) is 9.72. The first-order chi connectivity index (χ1) is 6.57. The van der Waals surface area contributed by atoms with Crippen molar-refractivity contribution in [1.82, 2.24) is 0 Å². The Bertz CT molecular complexity index is 334. The first kappa shape index (κ1) is 11.0. The van der Waals surface area contributed by atoms with Crippen LogP contribution in [-0.2, 0) is 0 Å². The molecule has 0 aromatic heterocycles. The van der Waals surface area contributed by atoms with Crippen molar-refractivity contribution in [2.24, 2.45) is 0 Å². The van der Waals surface area contributed by atoms with Gasteiger partial charge in [-0.3, -0.25) is 0 Å². The summed E-state index contributed by atoms with van der Waals surface area (Å²) in [6.45, 7) is 12.7. The van der Waals surface area contributed by atoms with Crippen LogP contribution < -0.4 is 0 Å². The normalized spacial score (nSPS) is 12.6. The molecule has 1 aromatic carbocycles. The van der Waals surface area contributed by atoms with E-state index < -0.39 is 0 Å². The first-order valence-corrected chi connectivity index (χ1v) is 5.25. The highest BCUT2D eigenvalue weighted by Crippen LogP contribution is 2.28. The van der Waals surface area contributed by atoms with Gasteiger partial charge in [0.05, 0.1) is 0 Å². The van der Waals surface area contributed by atoms with Gasteiger partial charge in [-0.05, 0) is 55.4 Å². The van der Waals surface area contributed by atoms with Gasteiger partial charge in [-0.25, -0.2) is 0 Å². The van der Waals surface area contributed by atoms with E-state index >= 15 is 0 Å². The van der Waals surface area contributed by atoms with Gasteiger partial charge in [-0.15, -0.1) is 6.58 Å². The van der Waals surface area contributed by atoms with Crippen molar-refractivity contribution in [2.75, 3.05) is 0 Å². The monoisotopic (exact) mass is 188 g/mol. The third kappa shape index (κ3) is 2.06. The lowest BCUT2D eigenvalue weighted by molar-refractivity contribution is 0.766. The van der Waals surface area contributed by atoms with Gasteiger partial charge in [0.25, 0.3) is 0 Å². The third-order valence-corrected chi connectivity index (χ3v) is 3.02. The van der Waals surface area contributed by atoms with Gasteiger partial charge in [0.2, 0.25) is 0 Å². The molecule has 0 saturated heterocycles. The molecule has 0 heterocycles. The van der Waals surface area contributed by atoms with Crippen LogP contribution in [0.25, 0.3) is 0 Å². The Balaban J connectivity index is 3.17. The van der Waals surface area contributed by atoms with Crippen LogP contribution >= 0.6 is 0 Å². The molecule has 0 saturated carbocycles. The van der Waals surface area contributed by atoms with E-state index in [-0.39, 0.29) is 0 Å². The Morgan fingerprint density at radius 2 is 1.79 bits per heavy atom. The Morgan fingerprint density at radius 3 is 2.36 bits per heavy atom. The zero-order valence-corrected chi connectivity index (χ0v) is 9.72. The van der Waals surface area contributed by atoms with Gasteiger partial charge < -0.3 is 0 Å². The molecule has 14 heavy (non-hydrogen) atoms. The van der Waals surface area contributed by atoms with Crippen molar-refractivity contribution < 1.29 is 0 Å². The minimum Gasteiger partial charge on any atom is -0.103 e. The molecule has 0 aliphatic heterocycles. The van der Waals surface area contributed by atoms with Gasteiger partial charge in [0.1, 0.15) is 0 Å². The number of rotatable bonds is 3. The lowest BCUT2D eigenvalue weighted by Crippen LogP contribution is -2.00. The van der Waals surface area contributed by atoms with Crippen LogP contribution in [0.2, 0.25) is 0 Å². The van der Waals surface area contributed by atoms with Crippen molar-refractivity contribution in [3.05, 3.63) is 47.0 Å². The maximum atomic E-state index is 3.81. The van der Waals surface area contributed by atoms with E-state index in [0.717, 1.165) is 6.42 Å². The second-order valence-corrected chi connectivity index (χ2v) is 4.16. The number of allylic oxidation sites excluding steroid dienone is 1. The molecule has 1 atom stereocenters. The summed E-state index contributed by atoms with van der Waals surface area (Å²) in [5.41, 5.74) is 5.74. The number of hydrogen-bond donors (Lipinski definition) is 0. The zero-order chi connectivity index (χ0) is 10.7. The highest BCUT2D eigenvalue weighted by Gasteiger charge is 2.10. The summed E-state index contributed by atoms with van der Waals surface area (Å²) in [5, 5.41) is 0. The lowest BCUT2D eigenvalue weighted by atomic mass is 9.88. The Labute approximate surface area is 87.7 Å². The van der Waals surface area contributed by atoms with E-state index in [2.05, 4.69) is 46.4 Å². The van der Waals surface area contributed by atoms with Crippen LogP contribution in [0.1, 0.15) is 41.5 Å². The van der Waals surface area contributed by atoms with Crippen molar-refractivity contribution in [3.8, 4) is 0 Å². The average molecular weight is 188 g/mol. The summed E-state index contributed by atoms with van der Waals surface area (Å²) in [6, 6.07) is 4.42. The molecule has 0 aliphatic carbocycles. The molecule has 0 aliphatic rings. The van der Waals surface area contributed by atoms with Gasteiger partial charge in [-0.2, -0.15) is 0 Å². The van der Waals surface area contributed by atoms with Crippen LogP contribution in [0, 0.1) is 20.8 Å². The quantitative estimate of drug-likeness (QED) is 0.621. The highest BCUT2D eigenvalue weighted by atomic mass is 14.2. The molecular formula is C14H20. The SMILES string of the molecule is C=CCC(C)c1c(C)ccc(C)c1C. The molecule has 0 heteroatoms. The van der Waals surface area contributed by atoms with Gasteiger partial charge in [0, 0.05) is 0 Å². The smallest absolute Gasteiger partial charge is 0.0151 e. The minimum atomic E-state index is 0.590. The van der Waals surface area contributed by atoms with Crippen molar-refractivity contribution in [2.45, 2.75) is 40.0 Å². The van der Waals surface area contributed by atoms with Crippen molar-refractivity contribution in [1.29, 1.82) is 0 Å². The van der Waals surface area contributed by atoms with Crippen LogP contribution in [0.5, 0.6) is 0 Å². The van der Waals surface area contributed by atoms with E-state index in [0.29, 0.717) is 5.92 Å². The number of benzene rings is 1. The topological polar surface area (TPSA) is 0 Å². The molecule has 0 fully saturated rings. The molecule has 1 unspecified atom stereocenters. The average Bonchev–Trinajstić information content (AvgIpc) is 2.13. The Kier molecular flexibility index (Phi) is 3.51. The van der Waals surface area contributed by atoms with Crippen LogP contribution in [0.4, 0.5) is 0 Å². The predicted molar refractivity (Wildman–Crippen MR) is 63.9 cm³/mol. The summed E-state index contributed by atoms with van der Waals surface area (Å²) in [5.74, 6) is 0.590. The Morgan fingerprint density at radius 1 is 1.21 bits per heavy atom. The molecule has 1 aromatic rings. The molecule has 0 spiro atoms. The lowest BCUT2D eigenvalue weighted by Gasteiger charge is -2.17. The molecular weight excluding hydrogens is 168 g/mol. The molecule has 0 nitrogen and oxygen atoms in total. The Hall–Kier alpha value is -1.04. The van der Waals surface area contributed by atoms with Crippen LogP contribution in [0.15, 0.2) is 24.8 Å². The first-order valence-electron chi connectivity index (χ1n) is 5.25. The molecule has 0 N–H and O–H groups in total. The largest absolute Gasteiger partial charge is 0.103 e. The second kappa shape index (κ2) is 4.45. The van der Waals surface area contributed by atoms with E-state index in [4.69, 9.17) is 0 Å². The number of aryl methyl sites for hydroxylation is 2. The fourth-order valence-corrected chi connectivity index (χ4v) is 2.10. The van der Waals surface area contributed by atoms with Crippen molar-refractivity contribution in [3.63, 3.8) is 0 Å². The number of hydrogen-bond acceptors (Lipinski definition) is 0. The summed E-state index contributed by atoms with van der Waals surface area (Å²) >= 11 is 0. The maximum absolute atomic E-state index is 3.81. The standard InChI is InChI=1S/C14H20/c1-6-7-11(3)14-12(4)9-8-10(2)13(14)5/h6,8-9,11H,1,7H2,2-5H3. The van der Waals surface area contributed by atoms with Crippen LogP contribution in [-0.4, -0.2) is 0 Å². The summed E-state index contributed by atoms with van der Waals surface area (Å²) in [6.07, 6.45) is 3.07. The van der Waals surface area contributed by atoms with Gasteiger partial charge >= 0.3 is 0 Å². The summed E-state index contributed by atoms with van der Waals surface area (Å²) in [7, 11) is 0. The van der Waals surface area contributed by atoms with E-state index in [1.165, 1.54) is 22.3 Å². The molecule has 76 valence electrons. The van der Waals surface area contributed by atoms with E-state index in [1.807, 2.05) is 6.08 Å². The molecule has 0 amide bonds. The van der Waals surface area contributed by atoms with Crippen LogP contribution in [0.3, 0.4) is 0 Å². The minimum absolute atomic E-state index is 0.590. The van der Waals surface area contributed by atoms with Gasteiger partial charge in [-0.1, -0.05) is 25.1 Å². The fourth-order valence-electron chi connectivity index (χ4n) is 2.10. The second-order valence-electron chi connectivity index (χ2n) is 4.16. The molecule has 0 radical (unpaired) electrons. The summed E-state index contributed by atoms with van der Waals surface area (Å²) in [4.78, 5) is 0. The van der Waals surface area contributed by atoms with E-state index in [1.54, 1.807) is 0 Å². The maximum Gasteiger partial charge on any atom is -0.0151 e. The van der Waals surface area contributed by atoms with Crippen molar-refractivity contribution >= 4 is 0 Å². The third-order valence-electron chi connectivity index (χ3n) is 3.02. The predicted octanol–water partition coefficient (Wildman–Crippen LogP) is 4.29. The van der Waals surface area contributed by atoms with Gasteiger partial charge in [0.15, 0.2) is 0 Å². The highest BCUT2D eigenvalue weighted by molar-refractivity contribution is 5.41.